The highest BCUT2D eigenvalue weighted by molar-refractivity contribution is 7.16. The third kappa shape index (κ3) is 5.11. The van der Waals surface area contributed by atoms with Gasteiger partial charge in [0.1, 0.15) is 5.75 Å². The van der Waals surface area contributed by atoms with E-state index in [1.54, 1.807) is 19.2 Å². The summed E-state index contributed by atoms with van der Waals surface area (Å²) in [4.78, 5) is 15.3. The molecule has 0 radical (unpaired) electrons. The van der Waals surface area contributed by atoms with E-state index >= 15 is 0 Å². The number of halogens is 2. The van der Waals surface area contributed by atoms with Crippen molar-refractivity contribution < 1.29 is 9.53 Å². The van der Waals surface area contributed by atoms with Gasteiger partial charge < -0.3 is 10.1 Å². The molecule has 0 aliphatic heterocycles. The Kier molecular flexibility index (Phi) is 6.30. The number of carbonyl (C=O) groups excluding carboxylic acids is 1. The van der Waals surface area contributed by atoms with Gasteiger partial charge in [0.15, 0.2) is 0 Å². The third-order valence-corrected chi connectivity index (χ3v) is 4.85. The molecule has 1 N–H and O–H groups in total. The van der Waals surface area contributed by atoms with Crippen LogP contribution in [0.4, 0.5) is 5.69 Å². The van der Waals surface area contributed by atoms with Crippen LogP contribution in [0, 0.1) is 6.92 Å². The molecule has 1 aromatic carbocycles. The smallest absolute Gasteiger partial charge is 0.238 e. The van der Waals surface area contributed by atoms with Crippen LogP contribution in [-0.2, 0) is 11.3 Å². The number of hydrogen-bond donors (Lipinski definition) is 1. The van der Waals surface area contributed by atoms with Crippen LogP contribution in [0.2, 0.25) is 9.36 Å². The first-order valence-corrected chi connectivity index (χ1v) is 8.53. The van der Waals surface area contributed by atoms with Crippen molar-refractivity contribution in [3.05, 3.63) is 44.1 Å². The van der Waals surface area contributed by atoms with E-state index < -0.39 is 0 Å². The van der Waals surface area contributed by atoms with Crippen LogP contribution in [0.1, 0.15) is 10.4 Å². The van der Waals surface area contributed by atoms with Gasteiger partial charge >= 0.3 is 0 Å². The minimum atomic E-state index is -0.116. The summed E-state index contributed by atoms with van der Waals surface area (Å²) in [6, 6.07) is 7.33. The van der Waals surface area contributed by atoms with E-state index in [0.29, 0.717) is 23.0 Å². The van der Waals surface area contributed by atoms with Gasteiger partial charge in [-0.05, 0) is 37.7 Å². The molecule has 0 atom stereocenters. The van der Waals surface area contributed by atoms with Gasteiger partial charge in [0, 0.05) is 22.5 Å². The Bertz CT molecular complexity index is 703. The number of anilines is 1. The molecule has 124 valence electrons. The number of nitrogens with zero attached hydrogens (tertiary/aromatic N) is 1. The molecule has 0 saturated heterocycles. The van der Waals surface area contributed by atoms with E-state index in [4.69, 9.17) is 27.9 Å². The van der Waals surface area contributed by atoms with Crippen molar-refractivity contribution >= 4 is 46.1 Å². The maximum absolute atomic E-state index is 12.2. The fraction of sp³-hybridized carbons (Fsp3) is 0.312. The molecule has 4 nitrogen and oxygen atoms in total. The first kappa shape index (κ1) is 18.1. The van der Waals surface area contributed by atoms with Crippen molar-refractivity contribution in [2.45, 2.75) is 13.5 Å². The predicted octanol–water partition coefficient (Wildman–Crippen LogP) is 4.44. The minimum Gasteiger partial charge on any atom is -0.495 e. The Balaban J connectivity index is 1.97. The van der Waals surface area contributed by atoms with Gasteiger partial charge in [-0.3, -0.25) is 9.69 Å². The summed E-state index contributed by atoms with van der Waals surface area (Å²) >= 11 is 13.5. The number of methoxy groups -OCH3 is 1. The van der Waals surface area contributed by atoms with Crippen LogP contribution >= 0.6 is 34.5 Å². The maximum atomic E-state index is 12.2. The number of amides is 1. The van der Waals surface area contributed by atoms with Crippen LogP contribution in [0.15, 0.2) is 24.3 Å². The molecule has 0 spiro atoms. The zero-order valence-corrected chi connectivity index (χ0v) is 15.5. The monoisotopic (exact) mass is 372 g/mol. The molecule has 0 fully saturated rings. The van der Waals surface area contributed by atoms with Gasteiger partial charge in [-0.25, -0.2) is 0 Å². The van der Waals surface area contributed by atoms with Gasteiger partial charge in [0.05, 0.1) is 23.7 Å². The zero-order valence-electron chi connectivity index (χ0n) is 13.2. The topological polar surface area (TPSA) is 41.6 Å². The summed E-state index contributed by atoms with van der Waals surface area (Å²) in [5.41, 5.74) is 1.50. The van der Waals surface area contributed by atoms with Crippen LogP contribution in [0.25, 0.3) is 0 Å². The SMILES string of the molecule is COc1cc(Cl)c(C)cc1NC(=O)CN(C)Cc1ccc(Cl)s1. The number of rotatable bonds is 6. The van der Waals surface area contributed by atoms with Gasteiger partial charge in [-0.1, -0.05) is 23.2 Å². The lowest BCUT2D eigenvalue weighted by molar-refractivity contribution is -0.117. The van der Waals surface area contributed by atoms with Gasteiger partial charge in [-0.15, -0.1) is 11.3 Å². The highest BCUT2D eigenvalue weighted by Gasteiger charge is 2.13. The number of thiophene rings is 1. The van der Waals surface area contributed by atoms with Gasteiger partial charge in [-0.2, -0.15) is 0 Å². The quantitative estimate of drug-likeness (QED) is 0.814. The molecule has 7 heteroatoms. The lowest BCUT2D eigenvalue weighted by Crippen LogP contribution is -2.29. The molecular weight excluding hydrogens is 355 g/mol. The lowest BCUT2D eigenvalue weighted by atomic mass is 10.2. The molecule has 23 heavy (non-hydrogen) atoms. The van der Waals surface area contributed by atoms with Crippen molar-refractivity contribution in [2.24, 2.45) is 0 Å². The summed E-state index contributed by atoms with van der Waals surface area (Å²) in [6.07, 6.45) is 0. The second-order valence-corrected chi connectivity index (χ2v) is 7.43. The number of likely N-dealkylation sites (N-methyl/N-ethyl adjacent to an activating group) is 1. The molecule has 0 unspecified atom stereocenters. The van der Waals surface area contributed by atoms with Crippen LogP contribution < -0.4 is 10.1 Å². The normalized spacial score (nSPS) is 10.9. The van der Waals surface area contributed by atoms with Crippen molar-refractivity contribution in [3.63, 3.8) is 0 Å². The minimum absolute atomic E-state index is 0.116. The van der Waals surface area contributed by atoms with E-state index in [2.05, 4.69) is 5.32 Å². The number of ether oxygens (including phenoxy) is 1. The molecule has 1 heterocycles. The van der Waals surface area contributed by atoms with Gasteiger partial charge in [0.25, 0.3) is 0 Å². The number of aryl methyl sites for hydroxylation is 1. The molecule has 0 bridgehead atoms. The molecule has 1 amide bonds. The van der Waals surface area contributed by atoms with Crippen LogP contribution in [0.3, 0.4) is 0 Å². The largest absolute Gasteiger partial charge is 0.495 e. The highest BCUT2D eigenvalue weighted by Crippen LogP contribution is 2.31. The highest BCUT2D eigenvalue weighted by atomic mass is 35.5. The number of benzene rings is 1. The fourth-order valence-electron chi connectivity index (χ4n) is 2.12. The Morgan fingerprint density at radius 2 is 2.09 bits per heavy atom. The second-order valence-electron chi connectivity index (χ2n) is 5.23. The van der Waals surface area contributed by atoms with E-state index in [-0.39, 0.29) is 12.5 Å². The van der Waals surface area contributed by atoms with Crippen molar-refractivity contribution in [2.75, 3.05) is 26.0 Å². The Hall–Kier alpha value is -1.27. The summed E-state index contributed by atoms with van der Waals surface area (Å²) in [6.45, 7) is 2.81. The van der Waals surface area contributed by atoms with Crippen LogP contribution in [0.5, 0.6) is 5.75 Å². The fourth-order valence-corrected chi connectivity index (χ4v) is 3.44. The Labute approximate surface area is 150 Å². The van der Waals surface area contributed by atoms with Crippen molar-refractivity contribution in [1.29, 1.82) is 0 Å². The van der Waals surface area contributed by atoms with Crippen molar-refractivity contribution in [3.8, 4) is 5.75 Å². The number of nitrogens with one attached hydrogen (secondary N) is 1. The standard InChI is InChI=1S/C16H18Cl2N2O2S/c1-10-6-13(14(22-3)7-12(10)17)19-16(21)9-20(2)8-11-4-5-15(18)23-11/h4-7H,8-9H2,1-3H3,(H,19,21). The lowest BCUT2D eigenvalue weighted by Gasteiger charge is -2.17. The second kappa shape index (κ2) is 8.02. The average molecular weight is 373 g/mol. The molecule has 0 aliphatic carbocycles. The molecule has 0 saturated carbocycles. The first-order chi connectivity index (χ1) is 10.9. The van der Waals surface area contributed by atoms with E-state index in [1.807, 2.05) is 31.0 Å². The molecule has 2 aromatic rings. The van der Waals surface area contributed by atoms with E-state index in [9.17, 15) is 4.79 Å². The first-order valence-electron chi connectivity index (χ1n) is 6.95. The maximum Gasteiger partial charge on any atom is 0.238 e. The Morgan fingerprint density at radius 1 is 1.35 bits per heavy atom. The molecular formula is C16H18Cl2N2O2S. The average Bonchev–Trinajstić information content (AvgIpc) is 2.87. The third-order valence-electron chi connectivity index (χ3n) is 3.22. The zero-order chi connectivity index (χ0) is 17.0. The summed E-state index contributed by atoms with van der Waals surface area (Å²) < 4.78 is 6.01. The van der Waals surface area contributed by atoms with E-state index in [0.717, 1.165) is 14.8 Å². The van der Waals surface area contributed by atoms with Crippen molar-refractivity contribution in [1.82, 2.24) is 4.90 Å². The molecule has 1 aromatic heterocycles. The van der Waals surface area contributed by atoms with Crippen LogP contribution in [-0.4, -0.2) is 31.5 Å². The summed E-state index contributed by atoms with van der Waals surface area (Å²) in [7, 11) is 3.43. The molecule has 2 rings (SSSR count). The predicted molar refractivity (Wildman–Crippen MR) is 97.0 cm³/mol. The molecule has 0 aliphatic rings. The Morgan fingerprint density at radius 3 is 2.70 bits per heavy atom. The van der Waals surface area contributed by atoms with E-state index in [1.165, 1.54) is 11.3 Å². The number of carbonyl (C=O) groups is 1. The summed E-state index contributed by atoms with van der Waals surface area (Å²) in [5, 5.41) is 3.47. The van der Waals surface area contributed by atoms with Gasteiger partial charge in [0.2, 0.25) is 5.91 Å². The summed E-state index contributed by atoms with van der Waals surface area (Å²) in [5.74, 6) is 0.428. The number of hydrogen-bond acceptors (Lipinski definition) is 4.